The number of amides is 1. The molecule has 1 aromatic heterocycles. The summed E-state index contributed by atoms with van der Waals surface area (Å²) in [5, 5.41) is 2.90. The molecule has 1 unspecified atom stereocenters. The average molecular weight is 270 g/mol. The van der Waals surface area contributed by atoms with Crippen LogP contribution < -0.4 is 11.1 Å². The van der Waals surface area contributed by atoms with E-state index in [9.17, 15) is 4.79 Å². The highest BCUT2D eigenvalue weighted by Gasteiger charge is 2.17. The van der Waals surface area contributed by atoms with E-state index in [2.05, 4.69) is 5.32 Å². The van der Waals surface area contributed by atoms with Gasteiger partial charge in [-0.15, -0.1) is 11.3 Å². The zero-order valence-corrected chi connectivity index (χ0v) is 11.6. The van der Waals surface area contributed by atoms with Crippen LogP contribution in [0.4, 0.5) is 0 Å². The predicted octanol–water partition coefficient (Wildman–Crippen LogP) is 2.00. The lowest BCUT2D eigenvalue weighted by atomic mass is 10.2. The van der Waals surface area contributed by atoms with Crippen molar-refractivity contribution in [1.82, 2.24) is 5.32 Å². The number of thioether (sulfide) groups is 1. The van der Waals surface area contributed by atoms with Crippen molar-refractivity contribution in [2.24, 2.45) is 5.73 Å². The molecule has 0 saturated carbocycles. The first-order valence-electron chi connectivity index (χ1n) is 5.93. The summed E-state index contributed by atoms with van der Waals surface area (Å²) < 4.78 is 0. The molecule has 1 aromatic rings. The Morgan fingerprint density at radius 2 is 2.47 bits per heavy atom. The molecule has 1 aliphatic heterocycles. The molecule has 94 valence electrons. The molecule has 1 amide bonds. The third kappa shape index (κ3) is 3.24. The summed E-state index contributed by atoms with van der Waals surface area (Å²) in [6.45, 7) is 2.59. The molecule has 0 radical (unpaired) electrons. The summed E-state index contributed by atoms with van der Waals surface area (Å²) in [4.78, 5) is 14.1. The number of hydrogen-bond donors (Lipinski definition) is 2. The number of nitrogens with one attached hydrogen (secondary N) is 1. The molecule has 0 aliphatic carbocycles. The molecule has 1 aliphatic rings. The molecule has 2 rings (SSSR count). The van der Waals surface area contributed by atoms with E-state index in [1.54, 1.807) is 11.3 Å². The van der Waals surface area contributed by atoms with Gasteiger partial charge >= 0.3 is 0 Å². The highest BCUT2D eigenvalue weighted by atomic mass is 32.2. The fourth-order valence-corrected chi connectivity index (χ4v) is 4.00. The van der Waals surface area contributed by atoms with E-state index in [1.165, 1.54) is 16.2 Å². The lowest BCUT2D eigenvalue weighted by Crippen LogP contribution is -2.36. The Bertz CT molecular complexity index is 380. The topological polar surface area (TPSA) is 55.1 Å². The molecule has 0 saturated heterocycles. The maximum Gasteiger partial charge on any atom is 0.261 e. The Morgan fingerprint density at radius 1 is 1.65 bits per heavy atom. The van der Waals surface area contributed by atoms with Gasteiger partial charge in [0.05, 0.1) is 4.88 Å². The number of fused-ring (bicyclic) bond motifs is 1. The van der Waals surface area contributed by atoms with Crippen LogP contribution in [0, 0.1) is 0 Å². The van der Waals surface area contributed by atoms with Crippen LogP contribution in [0.25, 0.3) is 0 Å². The number of nitrogens with two attached hydrogens (primary N) is 1. The standard InChI is InChI=1S/C12H18N2OS2/c1-2-9(13)6-14-12(15)11-5-8-7-16-4-3-10(8)17-11/h5,9H,2-4,6-7,13H2,1H3,(H,14,15). The van der Waals surface area contributed by atoms with E-state index in [0.717, 1.165) is 23.5 Å². The van der Waals surface area contributed by atoms with Crippen molar-refractivity contribution in [2.45, 2.75) is 31.6 Å². The summed E-state index contributed by atoms with van der Waals surface area (Å²) in [6, 6.07) is 2.10. The van der Waals surface area contributed by atoms with Gasteiger partial charge in [0.25, 0.3) is 5.91 Å². The largest absolute Gasteiger partial charge is 0.350 e. The Kier molecular flexibility index (Phi) is 4.48. The van der Waals surface area contributed by atoms with Crippen LogP contribution in [-0.4, -0.2) is 24.2 Å². The van der Waals surface area contributed by atoms with Gasteiger partial charge in [-0.3, -0.25) is 4.79 Å². The highest BCUT2D eigenvalue weighted by molar-refractivity contribution is 7.98. The Morgan fingerprint density at radius 3 is 3.18 bits per heavy atom. The van der Waals surface area contributed by atoms with Crippen LogP contribution in [0.1, 0.15) is 33.5 Å². The normalized spacial score (nSPS) is 16.4. The molecular weight excluding hydrogens is 252 g/mol. The number of aryl methyl sites for hydroxylation is 1. The first-order chi connectivity index (χ1) is 8.20. The molecule has 0 fully saturated rings. The summed E-state index contributed by atoms with van der Waals surface area (Å²) in [5.41, 5.74) is 7.13. The smallest absolute Gasteiger partial charge is 0.261 e. The number of carbonyl (C=O) groups is 1. The fourth-order valence-electron chi connectivity index (χ4n) is 1.71. The van der Waals surface area contributed by atoms with Gasteiger partial charge in [0.15, 0.2) is 0 Å². The van der Waals surface area contributed by atoms with Gasteiger partial charge < -0.3 is 11.1 Å². The first-order valence-corrected chi connectivity index (χ1v) is 7.91. The highest BCUT2D eigenvalue weighted by Crippen LogP contribution is 2.31. The number of thiophene rings is 1. The minimum Gasteiger partial charge on any atom is -0.350 e. The van der Waals surface area contributed by atoms with Crippen molar-refractivity contribution in [2.75, 3.05) is 12.3 Å². The summed E-state index contributed by atoms with van der Waals surface area (Å²) in [5.74, 6) is 2.25. The SMILES string of the molecule is CCC(N)CNC(=O)c1cc2c(s1)CCSC2. The predicted molar refractivity (Wildman–Crippen MR) is 74.8 cm³/mol. The van der Waals surface area contributed by atoms with Crippen molar-refractivity contribution in [3.8, 4) is 0 Å². The molecule has 3 N–H and O–H groups in total. The summed E-state index contributed by atoms with van der Waals surface area (Å²) in [7, 11) is 0. The van der Waals surface area contributed by atoms with E-state index in [1.807, 2.05) is 24.8 Å². The maximum absolute atomic E-state index is 11.9. The van der Waals surface area contributed by atoms with E-state index in [-0.39, 0.29) is 11.9 Å². The van der Waals surface area contributed by atoms with E-state index in [0.29, 0.717) is 6.54 Å². The van der Waals surface area contributed by atoms with Crippen LogP contribution in [-0.2, 0) is 12.2 Å². The second-order valence-electron chi connectivity index (χ2n) is 4.24. The van der Waals surface area contributed by atoms with Gasteiger partial charge in [-0.25, -0.2) is 0 Å². The van der Waals surface area contributed by atoms with Crippen molar-refractivity contribution in [3.05, 3.63) is 21.4 Å². The quantitative estimate of drug-likeness (QED) is 0.880. The second kappa shape index (κ2) is 5.89. The van der Waals surface area contributed by atoms with Gasteiger partial charge in [-0.05, 0) is 30.2 Å². The molecule has 5 heteroatoms. The van der Waals surface area contributed by atoms with Crippen LogP contribution >= 0.6 is 23.1 Å². The van der Waals surface area contributed by atoms with Crippen LogP contribution in [0.5, 0.6) is 0 Å². The monoisotopic (exact) mass is 270 g/mol. The zero-order valence-electron chi connectivity index (χ0n) is 9.99. The minimum absolute atomic E-state index is 0.0262. The third-order valence-corrected chi connectivity index (χ3v) is 5.14. The number of carbonyl (C=O) groups excluding carboxylic acids is 1. The van der Waals surface area contributed by atoms with Crippen LogP contribution in [0.3, 0.4) is 0 Å². The fraction of sp³-hybridized carbons (Fsp3) is 0.583. The van der Waals surface area contributed by atoms with Crippen molar-refractivity contribution < 1.29 is 4.79 Å². The zero-order chi connectivity index (χ0) is 12.3. The second-order valence-corrected chi connectivity index (χ2v) is 6.48. The van der Waals surface area contributed by atoms with Crippen molar-refractivity contribution >= 4 is 29.0 Å². The molecule has 0 bridgehead atoms. The Hall–Kier alpha value is -0.520. The van der Waals surface area contributed by atoms with Gasteiger partial charge in [0, 0.05) is 23.2 Å². The van der Waals surface area contributed by atoms with Crippen molar-refractivity contribution in [1.29, 1.82) is 0 Å². The van der Waals surface area contributed by atoms with Gasteiger partial charge in [0.1, 0.15) is 0 Å². The molecular formula is C12H18N2OS2. The Balaban J connectivity index is 1.97. The van der Waals surface area contributed by atoms with Gasteiger partial charge in [0.2, 0.25) is 0 Å². The molecule has 1 atom stereocenters. The molecule has 2 heterocycles. The minimum atomic E-state index is 0.0262. The molecule has 17 heavy (non-hydrogen) atoms. The van der Waals surface area contributed by atoms with Gasteiger partial charge in [-0.2, -0.15) is 11.8 Å². The lowest BCUT2D eigenvalue weighted by molar-refractivity contribution is 0.0955. The van der Waals surface area contributed by atoms with Crippen molar-refractivity contribution in [3.63, 3.8) is 0 Å². The first kappa shape index (κ1) is 12.9. The molecule has 0 aromatic carbocycles. The molecule has 0 spiro atoms. The van der Waals surface area contributed by atoms with E-state index < -0.39 is 0 Å². The number of rotatable bonds is 4. The van der Waals surface area contributed by atoms with E-state index in [4.69, 9.17) is 5.73 Å². The third-order valence-electron chi connectivity index (χ3n) is 2.90. The Labute approximate surface area is 110 Å². The van der Waals surface area contributed by atoms with Crippen LogP contribution in [0.2, 0.25) is 0 Å². The maximum atomic E-state index is 11.9. The average Bonchev–Trinajstić information content (AvgIpc) is 2.79. The summed E-state index contributed by atoms with van der Waals surface area (Å²) in [6.07, 6.45) is 1.99. The van der Waals surface area contributed by atoms with Gasteiger partial charge in [-0.1, -0.05) is 6.92 Å². The lowest BCUT2D eigenvalue weighted by Gasteiger charge is -2.08. The number of hydrogen-bond acceptors (Lipinski definition) is 4. The van der Waals surface area contributed by atoms with E-state index >= 15 is 0 Å². The summed E-state index contributed by atoms with van der Waals surface area (Å²) >= 11 is 3.58. The molecule has 3 nitrogen and oxygen atoms in total. The van der Waals surface area contributed by atoms with Crippen LogP contribution in [0.15, 0.2) is 6.07 Å².